The van der Waals surface area contributed by atoms with Gasteiger partial charge in [0.25, 0.3) is 0 Å². The fourth-order valence-electron chi connectivity index (χ4n) is 3.20. The molecule has 1 atom stereocenters. The summed E-state index contributed by atoms with van der Waals surface area (Å²) < 4.78 is 9.74. The van der Waals surface area contributed by atoms with E-state index in [9.17, 15) is 24.3 Å². The minimum absolute atomic E-state index is 0.00980. The fraction of sp³-hybridized carbons (Fsp3) is 0.545. The van der Waals surface area contributed by atoms with Crippen molar-refractivity contribution >= 4 is 23.9 Å². The molecule has 0 bridgehead atoms. The largest absolute Gasteiger partial charge is 0.508 e. The highest BCUT2D eigenvalue weighted by atomic mass is 16.6. The van der Waals surface area contributed by atoms with Crippen LogP contribution in [0.25, 0.3) is 0 Å². The summed E-state index contributed by atoms with van der Waals surface area (Å²) in [6.45, 7) is 4.42. The number of phenolic OH excluding ortho intramolecular Hbond substituents is 1. The summed E-state index contributed by atoms with van der Waals surface area (Å²) in [6.07, 6.45) is 1.57. The molecule has 0 saturated heterocycles. The van der Waals surface area contributed by atoms with Gasteiger partial charge in [0.2, 0.25) is 11.8 Å². The van der Waals surface area contributed by atoms with Crippen LogP contribution in [0.1, 0.15) is 51.6 Å². The average Bonchev–Trinajstić information content (AvgIpc) is 2.68. The van der Waals surface area contributed by atoms with Crippen molar-refractivity contribution in [3.63, 3.8) is 0 Å². The van der Waals surface area contributed by atoms with Gasteiger partial charge in [0.1, 0.15) is 30.5 Å². The van der Waals surface area contributed by atoms with Gasteiger partial charge in [0, 0.05) is 6.04 Å². The number of phenols is 1. The van der Waals surface area contributed by atoms with E-state index in [4.69, 9.17) is 4.74 Å². The number of carbonyl (C=O) groups is 4. The van der Waals surface area contributed by atoms with E-state index in [1.54, 1.807) is 20.8 Å². The fourth-order valence-corrected chi connectivity index (χ4v) is 3.20. The van der Waals surface area contributed by atoms with Crippen molar-refractivity contribution in [3.8, 4) is 5.75 Å². The average molecular weight is 450 g/mol. The molecule has 1 aliphatic carbocycles. The lowest BCUT2D eigenvalue weighted by Crippen LogP contribution is -2.54. The van der Waals surface area contributed by atoms with Crippen molar-refractivity contribution in [2.45, 2.75) is 57.7 Å². The van der Waals surface area contributed by atoms with Gasteiger partial charge in [-0.15, -0.1) is 0 Å². The molecule has 32 heavy (non-hydrogen) atoms. The normalized spacial score (nSPS) is 14.5. The number of esters is 1. The van der Waals surface area contributed by atoms with E-state index in [2.05, 4.69) is 15.4 Å². The van der Waals surface area contributed by atoms with E-state index in [0.29, 0.717) is 18.4 Å². The zero-order valence-electron chi connectivity index (χ0n) is 18.8. The molecule has 1 aromatic carbocycles. The summed E-state index contributed by atoms with van der Waals surface area (Å²) in [5.74, 6) is -1.66. The third-order valence-electron chi connectivity index (χ3n) is 4.91. The molecule has 1 aromatic rings. The van der Waals surface area contributed by atoms with Gasteiger partial charge in [0.05, 0.1) is 7.11 Å². The maximum Gasteiger partial charge on any atom is 0.408 e. The van der Waals surface area contributed by atoms with Crippen LogP contribution in [0.3, 0.4) is 0 Å². The van der Waals surface area contributed by atoms with Crippen molar-refractivity contribution in [3.05, 3.63) is 29.8 Å². The third-order valence-corrected chi connectivity index (χ3v) is 4.91. The summed E-state index contributed by atoms with van der Waals surface area (Å²) in [6, 6.07) is 4.65. The predicted molar refractivity (Wildman–Crippen MR) is 115 cm³/mol. The minimum Gasteiger partial charge on any atom is -0.508 e. The Bertz CT molecular complexity index is 829. The van der Waals surface area contributed by atoms with E-state index < -0.39 is 35.5 Å². The number of alkyl carbamates (subject to hydrolysis) is 1. The Hall–Kier alpha value is -3.30. The molecule has 0 aliphatic heterocycles. The maximum absolute atomic E-state index is 13.2. The molecule has 176 valence electrons. The Balaban J connectivity index is 2.26. The third kappa shape index (κ3) is 7.14. The van der Waals surface area contributed by atoms with E-state index in [-0.39, 0.29) is 24.9 Å². The number of rotatable bonds is 8. The smallest absolute Gasteiger partial charge is 0.408 e. The molecule has 10 heteroatoms. The lowest BCUT2D eigenvalue weighted by molar-refractivity contribution is -0.146. The van der Waals surface area contributed by atoms with Crippen molar-refractivity contribution < 1.29 is 33.8 Å². The number of hydrogen-bond acceptors (Lipinski definition) is 7. The Morgan fingerprint density at radius 1 is 1.09 bits per heavy atom. The van der Waals surface area contributed by atoms with Gasteiger partial charge >= 0.3 is 12.1 Å². The minimum atomic E-state index is -1.06. The van der Waals surface area contributed by atoms with Crippen molar-refractivity contribution in [2.75, 3.05) is 20.2 Å². The number of methoxy groups -OCH3 is 1. The summed E-state index contributed by atoms with van der Waals surface area (Å²) in [5, 5.41) is 14.6. The second-order valence-corrected chi connectivity index (χ2v) is 8.53. The van der Waals surface area contributed by atoms with Crippen LogP contribution in [0.5, 0.6) is 5.75 Å². The maximum atomic E-state index is 13.2. The number of aromatic hydroxyl groups is 1. The van der Waals surface area contributed by atoms with Gasteiger partial charge in [-0.1, -0.05) is 12.1 Å². The Kier molecular flexibility index (Phi) is 8.45. The SMILES string of the molecule is COC(=O)CNC(=O)C(c1ccc(O)cc1)N(C(=O)CNC(=O)OC(C)(C)C)C1CCC1. The van der Waals surface area contributed by atoms with Crippen molar-refractivity contribution in [1.29, 1.82) is 0 Å². The van der Waals surface area contributed by atoms with Gasteiger partial charge < -0.3 is 30.1 Å². The zero-order valence-corrected chi connectivity index (χ0v) is 18.8. The van der Waals surface area contributed by atoms with Gasteiger partial charge in [0.15, 0.2) is 0 Å². The van der Waals surface area contributed by atoms with E-state index in [1.807, 2.05) is 0 Å². The molecule has 0 aromatic heterocycles. The number of ether oxygens (including phenoxy) is 2. The molecular formula is C22H31N3O7. The van der Waals surface area contributed by atoms with Gasteiger partial charge in [-0.3, -0.25) is 14.4 Å². The van der Waals surface area contributed by atoms with Crippen LogP contribution in [0.4, 0.5) is 4.79 Å². The molecule has 0 spiro atoms. The molecule has 1 saturated carbocycles. The number of nitrogens with one attached hydrogen (secondary N) is 2. The molecule has 1 aliphatic rings. The molecule has 1 fully saturated rings. The van der Waals surface area contributed by atoms with E-state index in [1.165, 1.54) is 36.3 Å². The molecule has 3 amide bonds. The topological polar surface area (TPSA) is 134 Å². The van der Waals surface area contributed by atoms with Crippen LogP contribution < -0.4 is 10.6 Å². The molecule has 2 rings (SSSR count). The lowest BCUT2D eigenvalue weighted by Gasteiger charge is -2.42. The second kappa shape index (κ2) is 10.8. The highest BCUT2D eigenvalue weighted by molar-refractivity contribution is 5.92. The highest BCUT2D eigenvalue weighted by Gasteiger charge is 2.39. The molecular weight excluding hydrogens is 418 g/mol. The number of hydrogen-bond donors (Lipinski definition) is 3. The Morgan fingerprint density at radius 3 is 2.22 bits per heavy atom. The summed E-state index contributed by atoms with van der Waals surface area (Å²) in [5.41, 5.74) is -0.258. The number of nitrogens with zero attached hydrogens (tertiary/aromatic N) is 1. The summed E-state index contributed by atoms with van der Waals surface area (Å²) >= 11 is 0. The second-order valence-electron chi connectivity index (χ2n) is 8.53. The first-order chi connectivity index (χ1) is 15.0. The van der Waals surface area contributed by atoms with E-state index >= 15 is 0 Å². The van der Waals surface area contributed by atoms with Crippen LogP contribution in [0.15, 0.2) is 24.3 Å². The molecule has 0 heterocycles. The lowest BCUT2D eigenvalue weighted by atomic mass is 9.88. The number of amides is 3. The summed E-state index contributed by atoms with van der Waals surface area (Å²) in [4.78, 5) is 51.2. The standard InChI is InChI=1S/C22H31N3O7/c1-22(2,3)32-21(30)24-12-17(27)25(15-6-5-7-15)19(14-8-10-16(26)11-9-14)20(29)23-13-18(28)31-4/h8-11,15,19,26H,5-7,12-13H2,1-4H3,(H,23,29)(H,24,30). The first kappa shape index (κ1) is 25.0. The quantitative estimate of drug-likeness (QED) is 0.514. The highest BCUT2D eigenvalue weighted by Crippen LogP contribution is 2.33. The van der Waals surface area contributed by atoms with Gasteiger partial charge in [-0.05, 0) is 57.7 Å². The van der Waals surface area contributed by atoms with E-state index in [0.717, 1.165) is 6.42 Å². The molecule has 0 radical (unpaired) electrons. The van der Waals surface area contributed by atoms with Crippen LogP contribution in [-0.4, -0.2) is 65.7 Å². The molecule has 1 unspecified atom stereocenters. The Labute approximate surface area is 187 Å². The number of benzene rings is 1. The monoisotopic (exact) mass is 449 g/mol. The first-order valence-electron chi connectivity index (χ1n) is 10.4. The van der Waals surface area contributed by atoms with Crippen LogP contribution in [0, 0.1) is 0 Å². The van der Waals surface area contributed by atoms with Gasteiger partial charge in [-0.25, -0.2) is 4.79 Å². The first-order valence-corrected chi connectivity index (χ1v) is 10.4. The van der Waals surface area contributed by atoms with Crippen molar-refractivity contribution in [1.82, 2.24) is 15.5 Å². The van der Waals surface area contributed by atoms with Crippen LogP contribution in [-0.2, 0) is 23.9 Å². The molecule has 3 N–H and O–H groups in total. The van der Waals surface area contributed by atoms with Gasteiger partial charge in [-0.2, -0.15) is 0 Å². The zero-order chi connectivity index (χ0) is 23.9. The number of carbonyl (C=O) groups excluding carboxylic acids is 4. The predicted octanol–water partition coefficient (Wildman–Crippen LogP) is 1.63. The van der Waals surface area contributed by atoms with Crippen LogP contribution in [0.2, 0.25) is 0 Å². The molecule has 10 nitrogen and oxygen atoms in total. The Morgan fingerprint density at radius 2 is 1.72 bits per heavy atom. The summed E-state index contributed by atoms with van der Waals surface area (Å²) in [7, 11) is 1.21. The van der Waals surface area contributed by atoms with Crippen molar-refractivity contribution in [2.24, 2.45) is 0 Å². The van der Waals surface area contributed by atoms with Crippen LogP contribution >= 0.6 is 0 Å².